The molecule has 6 heteroatoms. The van der Waals surface area contributed by atoms with Gasteiger partial charge in [0.15, 0.2) is 5.78 Å². The van der Waals surface area contributed by atoms with Gasteiger partial charge in [0.1, 0.15) is 0 Å². The number of carbonyl (C=O) groups excluding carboxylic acids is 1. The van der Waals surface area contributed by atoms with Crippen LogP contribution in [0.5, 0.6) is 0 Å². The van der Waals surface area contributed by atoms with Crippen LogP contribution in [0.15, 0.2) is 35.4 Å². The number of ketones is 1. The molecule has 0 saturated carbocycles. The number of aromatic nitrogens is 1. The van der Waals surface area contributed by atoms with Crippen molar-refractivity contribution in [2.24, 2.45) is 0 Å². The van der Waals surface area contributed by atoms with Crippen molar-refractivity contribution in [3.63, 3.8) is 0 Å². The molecule has 1 aromatic heterocycles. The molecule has 112 valence electrons. The zero-order valence-electron chi connectivity index (χ0n) is 12.1. The molecule has 0 spiro atoms. The maximum absolute atomic E-state index is 12.7. The van der Waals surface area contributed by atoms with Crippen molar-refractivity contribution in [3.8, 4) is 0 Å². The van der Waals surface area contributed by atoms with Crippen LogP contribution in [-0.2, 0) is 10.0 Å². The second-order valence-corrected chi connectivity index (χ2v) is 7.32. The van der Waals surface area contributed by atoms with Crippen LogP contribution in [-0.4, -0.2) is 23.5 Å². The summed E-state index contributed by atoms with van der Waals surface area (Å²) in [6.07, 6.45) is 1.50. The van der Waals surface area contributed by atoms with E-state index in [1.807, 2.05) is 6.92 Å². The summed E-state index contributed by atoms with van der Waals surface area (Å²) in [5.74, 6) is -0.122. The molecular weight excluding hydrogens is 354 g/mol. The molecule has 0 amide bonds. The molecule has 21 heavy (non-hydrogen) atoms. The average molecular weight is 370 g/mol. The lowest BCUT2D eigenvalue weighted by atomic mass is 10.1. The van der Waals surface area contributed by atoms with E-state index in [0.717, 1.165) is 5.56 Å². The van der Waals surface area contributed by atoms with Gasteiger partial charge in [0.2, 0.25) is 0 Å². The minimum atomic E-state index is -3.68. The number of hydrogen-bond donors (Lipinski definition) is 0. The second kappa shape index (κ2) is 5.77. The quantitative estimate of drug-likeness (QED) is 0.613. The Bertz CT molecular complexity index is 789. The summed E-state index contributed by atoms with van der Waals surface area (Å²) in [6, 6.07) is 6.66. The molecule has 0 aliphatic heterocycles. The molecule has 0 fully saturated rings. The van der Waals surface area contributed by atoms with E-state index in [-0.39, 0.29) is 16.0 Å². The summed E-state index contributed by atoms with van der Waals surface area (Å²) >= 11 is 3.12. The monoisotopic (exact) mass is 369 g/mol. The van der Waals surface area contributed by atoms with Crippen molar-refractivity contribution in [1.82, 2.24) is 3.97 Å². The fourth-order valence-corrected chi connectivity index (χ4v) is 4.03. The Labute approximate surface area is 133 Å². The van der Waals surface area contributed by atoms with Gasteiger partial charge in [-0.05, 0) is 38.5 Å². The Morgan fingerprint density at radius 3 is 2.24 bits per heavy atom. The lowest BCUT2D eigenvalue weighted by Gasteiger charge is -2.09. The molecule has 0 aliphatic carbocycles. The van der Waals surface area contributed by atoms with Gasteiger partial charge in [-0.15, -0.1) is 0 Å². The molecule has 2 aromatic rings. The third kappa shape index (κ3) is 2.82. The normalized spacial score (nSPS) is 11.6. The SMILES string of the molecule is Cc1ccc(S(=O)(=O)n2cc(C)c(C(=O)CBr)c2C)cc1. The number of alkyl halides is 1. The molecule has 0 N–H and O–H groups in total. The zero-order valence-corrected chi connectivity index (χ0v) is 14.5. The Morgan fingerprint density at radius 2 is 1.71 bits per heavy atom. The lowest BCUT2D eigenvalue weighted by molar-refractivity contribution is 0.102. The number of halogens is 1. The molecule has 2 rings (SSSR count). The fraction of sp³-hybridized carbons (Fsp3) is 0.267. The van der Waals surface area contributed by atoms with Crippen molar-refractivity contribution >= 4 is 31.7 Å². The molecular formula is C15H16BrNO3S. The summed E-state index contributed by atoms with van der Waals surface area (Å²) in [4.78, 5) is 12.1. The van der Waals surface area contributed by atoms with Gasteiger partial charge in [-0.1, -0.05) is 33.6 Å². The van der Waals surface area contributed by atoms with Gasteiger partial charge in [0, 0.05) is 17.5 Å². The topological polar surface area (TPSA) is 56.1 Å². The summed E-state index contributed by atoms with van der Waals surface area (Å²) < 4.78 is 26.5. The first kappa shape index (κ1) is 16.0. The summed E-state index contributed by atoms with van der Waals surface area (Å²) in [5.41, 5.74) is 2.55. The second-order valence-electron chi connectivity index (χ2n) is 4.94. The van der Waals surface area contributed by atoms with E-state index in [9.17, 15) is 13.2 Å². The maximum Gasteiger partial charge on any atom is 0.267 e. The van der Waals surface area contributed by atoms with Crippen LogP contribution in [0.25, 0.3) is 0 Å². The molecule has 1 aromatic carbocycles. The third-order valence-electron chi connectivity index (χ3n) is 3.38. The highest BCUT2D eigenvalue weighted by atomic mass is 79.9. The molecule has 0 saturated heterocycles. The first-order valence-corrected chi connectivity index (χ1v) is 8.95. The van der Waals surface area contributed by atoms with Gasteiger partial charge in [-0.3, -0.25) is 4.79 Å². The fourth-order valence-electron chi connectivity index (χ4n) is 2.29. The minimum Gasteiger partial charge on any atom is -0.293 e. The molecule has 0 radical (unpaired) electrons. The molecule has 0 bridgehead atoms. The number of Topliss-reactive ketones (excluding diaryl/α,β-unsaturated/α-hetero) is 1. The lowest BCUT2D eigenvalue weighted by Crippen LogP contribution is -2.14. The highest BCUT2D eigenvalue weighted by molar-refractivity contribution is 9.09. The average Bonchev–Trinajstić information content (AvgIpc) is 2.74. The van der Waals surface area contributed by atoms with Gasteiger partial charge in [-0.25, -0.2) is 12.4 Å². The Morgan fingerprint density at radius 1 is 1.14 bits per heavy atom. The largest absolute Gasteiger partial charge is 0.293 e. The van der Waals surface area contributed by atoms with Crippen molar-refractivity contribution in [1.29, 1.82) is 0 Å². The van der Waals surface area contributed by atoms with Gasteiger partial charge in [-0.2, -0.15) is 0 Å². The van der Waals surface area contributed by atoms with E-state index >= 15 is 0 Å². The van der Waals surface area contributed by atoms with Gasteiger partial charge >= 0.3 is 0 Å². The van der Waals surface area contributed by atoms with E-state index in [4.69, 9.17) is 0 Å². The van der Waals surface area contributed by atoms with Crippen LogP contribution in [0.1, 0.15) is 27.2 Å². The Balaban J connectivity index is 2.61. The van der Waals surface area contributed by atoms with Crippen molar-refractivity contribution in [3.05, 3.63) is 52.8 Å². The smallest absolute Gasteiger partial charge is 0.267 e. The van der Waals surface area contributed by atoms with E-state index in [0.29, 0.717) is 16.8 Å². The first-order chi connectivity index (χ1) is 9.78. The molecule has 0 aliphatic rings. The number of aryl methyl sites for hydroxylation is 2. The summed E-state index contributed by atoms with van der Waals surface area (Å²) in [7, 11) is -3.68. The van der Waals surface area contributed by atoms with Crippen LogP contribution in [0.2, 0.25) is 0 Å². The van der Waals surface area contributed by atoms with Crippen LogP contribution in [0.4, 0.5) is 0 Å². The number of hydrogen-bond acceptors (Lipinski definition) is 3. The molecule has 1 heterocycles. The molecule has 0 atom stereocenters. The van der Waals surface area contributed by atoms with E-state index in [1.165, 1.54) is 10.2 Å². The molecule has 0 unspecified atom stereocenters. The van der Waals surface area contributed by atoms with E-state index < -0.39 is 10.0 Å². The van der Waals surface area contributed by atoms with Crippen molar-refractivity contribution in [2.45, 2.75) is 25.7 Å². The van der Waals surface area contributed by atoms with Crippen LogP contribution >= 0.6 is 15.9 Å². The number of benzene rings is 1. The van der Waals surface area contributed by atoms with Crippen LogP contribution in [0.3, 0.4) is 0 Å². The summed E-state index contributed by atoms with van der Waals surface area (Å²) in [5, 5.41) is 0.170. The van der Waals surface area contributed by atoms with E-state index in [2.05, 4.69) is 15.9 Å². The Kier molecular flexibility index (Phi) is 4.39. The number of carbonyl (C=O) groups is 1. The number of nitrogens with zero attached hydrogens (tertiary/aromatic N) is 1. The highest BCUT2D eigenvalue weighted by Gasteiger charge is 2.24. The summed E-state index contributed by atoms with van der Waals surface area (Å²) in [6.45, 7) is 5.28. The highest BCUT2D eigenvalue weighted by Crippen LogP contribution is 2.23. The maximum atomic E-state index is 12.7. The zero-order chi connectivity index (χ0) is 15.8. The van der Waals surface area contributed by atoms with Crippen molar-refractivity contribution < 1.29 is 13.2 Å². The first-order valence-electron chi connectivity index (χ1n) is 6.39. The standard InChI is InChI=1S/C15H16BrNO3S/c1-10-4-6-13(7-5-10)21(19,20)17-9-11(2)15(12(17)3)14(18)8-16/h4-7,9H,8H2,1-3H3. The number of rotatable bonds is 4. The Hall–Kier alpha value is -1.40. The van der Waals surface area contributed by atoms with E-state index in [1.54, 1.807) is 38.1 Å². The van der Waals surface area contributed by atoms with Gasteiger partial charge < -0.3 is 0 Å². The van der Waals surface area contributed by atoms with Gasteiger partial charge in [0.25, 0.3) is 10.0 Å². The van der Waals surface area contributed by atoms with Crippen LogP contribution < -0.4 is 0 Å². The minimum absolute atomic E-state index is 0.122. The third-order valence-corrected chi connectivity index (χ3v) is 5.65. The van der Waals surface area contributed by atoms with Gasteiger partial charge in [0.05, 0.1) is 10.2 Å². The van der Waals surface area contributed by atoms with Crippen LogP contribution in [0, 0.1) is 20.8 Å². The van der Waals surface area contributed by atoms with Crippen molar-refractivity contribution in [2.75, 3.05) is 5.33 Å². The molecule has 4 nitrogen and oxygen atoms in total. The predicted molar refractivity (Wildman–Crippen MR) is 85.8 cm³/mol. The predicted octanol–water partition coefficient (Wildman–Crippen LogP) is 3.23.